The van der Waals surface area contributed by atoms with E-state index in [0.717, 1.165) is 0 Å². The number of hydrogen-bond donors (Lipinski definition) is 4. The quantitative estimate of drug-likeness (QED) is 0.392. The van der Waals surface area contributed by atoms with Crippen LogP contribution in [0.3, 0.4) is 0 Å². The van der Waals surface area contributed by atoms with Gasteiger partial charge in [-0.25, -0.2) is 0 Å². The molecule has 21 heavy (non-hydrogen) atoms. The Kier molecular flexibility index (Phi) is 4.04. The fraction of sp³-hybridized carbons (Fsp3) is 0.0769. The SMILES string of the molecule is O=[N+]([O-])c1ccc(NCc2ccc(O)c(O)c2O)cc1Cl. The monoisotopic (exact) mass is 310 g/mol. The fourth-order valence-electron chi connectivity index (χ4n) is 1.72. The van der Waals surface area contributed by atoms with Gasteiger partial charge in [-0.2, -0.15) is 0 Å². The molecule has 2 rings (SSSR count). The molecule has 0 radical (unpaired) electrons. The molecule has 8 heteroatoms. The van der Waals surface area contributed by atoms with Gasteiger partial charge in [0.25, 0.3) is 5.69 Å². The van der Waals surface area contributed by atoms with E-state index in [2.05, 4.69) is 5.32 Å². The van der Waals surface area contributed by atoms with E-state index in [1.54, 1.807) is 0 Å². The highest BCUT2D eigenvalue weighted by molar-refractivity contribution is 6.32. The first-order chi connectivity index (χ1) is 9.90. The predicted molar refractivity (Wildman–Crippen MR) is 76.9 cm³/mol. The first-order valence-corrected chi connectivity index (χ1v) is 6.18. The molecule has 0 unspecified atom stereocenters. The topological polar surface area (TPSA) is 116 Å². The van der Waals surface area contributed by atoms with Gasteiger partial charge in [0.15, 0.2) is 11.5 Å². The van der Waals surface area contributed by atoms with Gasteiger partial charge in [0, 0.05) is 23.9 Å². The van der Waals surface area contributed by atoms with Crippen molar-refractivity contribution < 1.29 is 20.2 Å². The first-order valence-electron chi connectivity index (χ1n) is 5.80. The molecule has 0 aliphatic rings. The van der Waals surface area contributed by atoms with Crippen molar-refractivity contribution in [2.45, 2.75) is 6.54 Å². The smallest absolute Gasteiger partial charge is 0.288 e. The Morgan fingerprint density at radius 3 is 2.48 bits per heavy atom. The normalized spacial score (nSPS) is 10.3. The summed E-state index contributed by atoms with van der Waals surface area (Å²) in [6, 6.07) is 6.80. The first kappa shape index (κ1) is 14.7. The van der Waals surface area contributed by atoms with E-state index in [-0.39, 0.29) is 17.3 Å². The second-order valence-corrected chi connectivity index (χ2v) is 4.63. The summed E-state index contributed by atoms with van der Waals surface area (Å²) in [5.41, 5.74) is 0.657. The van der Waals surface area contributed by atoms with Crippen molar-refractivity contribution in [1.82, 2.24) is 0 Å². The van der Waals surface area contributed by atoms with Crippen molar-refractivity contribution in [3.8, 4) is 17.2 Å². The average molecular weight is 311 g/mol. The molecule has 0 aromatic heterocycles. The largest absolute Gasteiger partial charge is 0.504 e. The number of phenolic OH excluding ortho intramolecular Hbond substituents is 3. The van der Waals surface area contributed by atoms with Gasteiger partial charge in [0.05, 0.1) is 4.92 Å². The summed E-state index contributed by atoms with van der Waals surface area (Å²) in [6.45, 7) is 0.133. The molecule has 0 fully saturated rings. The molecule has 0 bridgehead atoms. The Labute approximate surface area is 124 Å². The third-order valence-electron chi connectivity index (χ3n) is 2.84. The van der Waals surface area contributed by atoms with Crippen LogP contribution in [0.4, 0.5) is 11.4 Å². The van der Waals surface area contributed by atoms with E-state index >= 15 is 0 Å². The third-order valence-corrected chi connectivity index (χ3v) is 3.14. The summed E-state index contributed by atoms with van der Waals surface area (Å²) in [6.07, 6.45) is 0. The molecule has 7 nitrogen and oxygen atoms in total. The second-order valence-electron chi connectivity index (χ2n) is 4.22. The zero-order valence-corrected chi connectivity index (χ0v) is 11.3. The number of nitrogens with zero attached hydrogens (tertiary/aromatic N) is 1. The van der Waals surface area contributed by atoms with Crippen LogP contribution < -0.4 is 5.32 Å². The van der Waals surface area contributed by atoms with Gasteiger partial charge in [-0.3, -0.25) is 10.1 Å². The van der Waals surface area contributed by atoms with Gasteiger partial charge in [-0.15, -0.1) is 0 Å². The average Bonchev–Trinajstić information content (AvgIpc) is 2.44. The minimum absolute atomic E-state index is 0.0113. The fourth-order valence-corrected chi connectivity index (χ4v) is 1.97. The molecule has 0 saturated carbocycles. The number of rotatable bonds is 4. The Balaban J connectivity index is 2.15. The van der Waals surface area contributed by atoms with E-state index in [0.29, 0.717) is 11.3 Å². The van der Waals surface area contributed by atoms with Crippen LogP contribution in [-0.4, -0.2) is 20.2 Å². The lowest BCUT2D eigenvalue weighted by Crippen LogP contribution is -2.00. The number of nitro groups is 1. The number of aromatic hydroxyl groups is 3. The van der Waals surface area contributed by atoms with Crippen LogP contribution in [0.5, 0.6) is 17.2 Å². The molecule has 0 heterocycles. The summed E-state index contributed by atoms with van der Waals surface area (Å²) in [4.78, 5) is 10.1. The molecular weight excluding hydrogens is 300 g/mol. The second kappa shape index (κ2) is 5.76. The van der Waals surface area contributed by atoms with Crippen LogP contribution in [0, 0.1) is 10.1 Å². The molecule has 0 saturated heterocycles. The molecule has 0 spiro atoms. The van der Waals surface area contributed by atoms with Gasteiger partial charge < -0.3 is 20.6 Å². The van der Waals surface area contributed by atoms with E-state index in [1.807, 2.05) is 0 Å². The number of halogens is 1. The van der Waals surface area contributed by atoms with Crippen molar-refractivity contribution in [3.05, 3.63) is 51.0 Å². The molecule has 0 aliphatic carbocycles. The number of hydrogen-bond acceptors (Lipinski definition) is 6. The Hall–Kier alpha value is -2.67. The number of anilines is 1. The summed E-state index contributed by atoms with van der Waals surface area (Å²) >= 11 is 5.78. The van der Waals surface area contributed by atoms with Crippen LogP contribution in [0.25, 0.3) is 0 Å². The van der Waals surface area contributed by atoms with Crippen molar-refractivity contribution in [2.24, 2.45) is 0 Å². The van der Waals surface area contributed by atoms with Gasteiger partial charge in [0.1, 0.15) is 5.02 Å². The maximum absolute atomic E-state index is 10.6. The van der Waals surface area contributed by atoms with E-state index in [9.17, 15) is 25.4 Å². The number of benzene rings is 2. The molecule has 0 atom stereocenters. The van der Waals surface area contributed by atoms with Crippen LogP contribution in [-0.2, 0) is 6.54 Å². The lowest BCUT2D eigenvalue weighted by Gasteiger charge is -2.10. The number of nitro benzene ring substituents is 1. The minimum atomic E-state index is -0.601. The number of nitrogens with one attached hydrogen (secondary N) is 1. The lowest BCUT2D eigenvalue weighted by molar-refractivity contribution is -0.384. The highest BCUT2D eigenvalue weighted by atomic mass is 35.5. The molecule has 4 N–H and O–H groups in total. The standard InChI is InChI=1S/C13H11ClN2O5/c14-9-5-8(2-3-10(9)16(20)21)15-6-7-1-4-11(17)13(19)12(7)18/h1-5,15,17-19H,6H2. The summed E-state index contributed by atoms with van der Waals surface area (Å²) in [7, 11) is 0. The van der Waals surface area contributed by atoms with Crippen molar-refractivity contribution in [1.29, 1.82) is 0 Å². The molecule has 0 amide bonds. The van der Waals surface area contributed by atoms with Crippen LogP contribution in [0.2, 0.25) is 5.02 Å². The summed E-state index contributed by atoms with van der Waals surface area (Å²) < 4.78 is 0. The maximum atomic E-state index is 10.6. The molecule has 2 aromatic carbocycles. The molecule has 2 aromatic rings. The van der Waals surface area contributed by atoms with E-state index < -0.39 is 22.2 Å². The van der Waals surface area contributed by atoms with Gasteiger partial charge in [-0.05, 0) is 24.3 Å². The molecular formula is C13H11ClN2O5. The number of phenols is 3. The van der Waals surface area contributed by atoms with Crippen LogP contribution >= 0.6 is 11.6 Å². The highest BCUT2D eigenvalue weighted by Gasteiger charge is 2.13. The third kappa shape index (κ3) is 3.09. The van der Waals surface area contributed by atoms with Gasteiger partial charge in [-0.1, -0.05) is 11.6 Å². The summed E-state index contributed by atoms with van der Waals surface area (Å²) in [5, 5.41) is 41.8. The van der Waals surface area contributed by atoms with Crippen molar-refractivity contribution >= 4 is 23.0 Å². The lowest BCUT2D eigenvalue weighted by atomic mass is 10.1. The molecule has 110 valence electrons. The van der Waals surface area contributed by atoms with Crippen LogP contribution in [0.15, 0.2) is 30.3 Å². The minimum Gasteiger partial charge on any atom is -0.504 e. The zero-order valence-electron chi connectivity index (χ0n) is 10.6. The Bertz CT molecular complexity index is 705. The van der Waals surface area contributed by atoms with Gasteiger partial charge in [0.2, 0.25) is 5.75 Å². The van der Waals surface area contributed by atoms with Crippen molar-refractivity contribution in [2.75, 3.05) is 5.32 Å². The zero-order chi connectivity index (χ0) is 15.6. The summed E-state index contributed by atoms with van der Waals surface area (Å²) in [5.74, 6) is -1.46. The van der Waals surface area contributed by atoms with Crippen molar-refractivity contribution in [3.63, 3.8) is 0 Å². The van der Waals surface area contributed by atoms with E-state index in [4.69, 9.17) is 11.6 Å². The maximum Gasteiger partial charge on any atom is 0.288 e. The predicted octanol–water partition coefficient (Wildman–Crippen LogP) is 2.98. The van der Waals surface area contributed by atoms with Crippen LogP contribution in [0.1, 0.15) is 5.56 Å². The Morgan fingerprint density at radius 2 is 1.86 bits per heavy atom. The Morgan fingerprint density at radius 1 is 1.14 bits per heavy atom. The van der Waals surface area contributed by atoms with E-state index in [1.165, 1.54) is 30.3 Å². The highest BCUT2D eigenvalue weighted by Crippen LogP contribution is 2.37. The molecule has 0 aliphatic heterocycles. The van der Waals surface area contributed by atoms with Gasteiger partial charge >= 0.3 is 0 Å².